The van der Waals surface area contributed by atoms with Crippen LogP contribution in [-0.2, 0) is 6.42 Å². The molecule has 25 heavy (non-hydrogen) atoms. The van der Waals surface area contributed by atoms with Crippen LogP contribution < -0.4 is 0 Å². The molecule has 0 fully saturated rings. The predicted octanol–water partition coefficient (Wildman–Crippen LogP) is 6.44. The average molecular weight is 338 g/mol. The van der Waals surface area contributed by atoms with E-state index in [9.17, 15) is 4.79 Å². The van der Waals surface area contributed by atoms with E-state index in [1.54, 1.807) is 12.1 Å². The number of aryl methyl sites for hydroxylation is 1. The Bertz CT molecular complexity index is 641. The summed E-state index contributed by atoms with van der Waals surface area (Å²) in [7, 11) is 0. The topological polar surface area (TPSA) is 37.3 Å². The van der Waals surface area contributed by atoms with Crippen molar-refractivity contribution in [1.82, 2.24) is 0 Å². The fourth-order valence-corrected chi connectivity index (χ4v) is 3.36. The van der Waals surface area contributed by atoms with Crippen LogP contribution in [0.2, 0.25) is 0 Å². The molecule has 0 aliphatic carbocycles. The van der Waals surface area contributed by atoms with E-state index in [-0.39, 0.29) is 0 Å². The van der Waals surface area contributed by atoms with Gasteiger partial charge in [0, 0.05) is 5.92 Å². The van der Waals surface area contributed by atoms with Gasteiger partial charge >= 0.3 is 5.97 Å². The third-order valence-electron chi connectivity index (χ3n) is 4.83. The van der Waals surface area contributed by atoms with E-state index in [1.807, 2.05) is 12.1 Å². The van der Waals surface area contributed by atoms with Crippen molar-refractivity contribution >= 4 is 5.97 Å². The first-order valence-corrected chi connectivity index (χ1v) is 9.57. The number of carboxylic acids is 1. The maximum atomic E-state index is 11.1. The number of rotatable bonds is 10. The van der Waals surface area contributed by atoms with Crippen LogP contribution in [0.5, 0.6) is 0 Å². The van der Waals surface area contributed by atoms with Gasteiger partial charge in [-0.05, 0) is 41.7 Å². The lowest BCUT2D eigenvalue weighted by Crippen LogP contribution is -2.03. The van der Waals surface area contributed by atoms with Crippen molar-refractivity contribution < 1.29 is 9.90 Å². The number of carboxylic acid groups (broad SMARTS) is 1. The molecule has 1 unspecified atom stereocenters. The van der Waals surface area contributed by atoms with E-state index >= 15 is 0 Å². The number of aromatic carboxylic acids is 1. The lowest BCUT2D eigenvalue weighted by Gasteiger charge is -2.19. The van der Waals surface area contributed by atoms with Gasteiger partial charge in [0.25, 0.3) is 0 Å². The van der Waals surface area contributed by atoms with Crippen molar-refractivity contribution in [2.45, 2.75) is 64.7 Å². The molecule has 2 nitrogen and oxygen atoms in total. The van der Waals surface area contributed by atoms with Gasteiger partial charge in [-0.1, -0.05) is 82.3 Å². The van der Waals surface area contributed by atoms with Gasteiger partial charge in [0.05, 0.1) is 5.56 Å². The van der Waals surface area contributed by atoms with Gasteiger partial charge in [-0.15, -0.1) is 0 Å². The van der Waals surface area contributed by atoms with E-state index in [2.05, 4.69) is 38.1 Å². The summed E-state index contributed by atoms with van der Waals surface area (Å²) in [6.07, 6.45) is 8.37. The molecular formula is C23H30O2. The molecule has 0 heterocycles. The Hall–Kier alpha value is -2.09. The second kappa shape index (κ2) is 10.0. The molecule has 0 radical (unpaired) electrons. The fourth-order valence-electron chi connectivity index (χ4n) is 3.36. The zero-order valence-corrected chi connectivity index (χ0v) is 15.5. The number of hydrogen-bond donors (Lipinski definition) is 1. The highest BCUT2D eigenvalue weighted by molar-refractivity contribution is 5.87. The molecule has 2 heteroatoms. The normalized spacial score (nSPS) is 12.1. The van der Waals surface area contributed by atoms with Crippen LogP contribution in [0.1, 0.15) is 85.3 Å². The van der Waals surface area contributed by atoms with Crippen molar-refractivity contribution in [2.75, 3.05) is 0 Å². The highest BCUT2D eigenvalue weighted by atomic mass is 16.4. The second-order valence-electron chi connectivity index (χ2n) is 6.82. The molecule has 134 valence electrons. The summed E-state index contributed by atoms with van der Waals surface area (Å²) >= 11 is 0. The van der Waals surface area contributed by atoms with Crippen molar-refractivity contribution in [3.63, 3.8) is 0 Å². The molecule has 0 aliphatic heterocycles. The summed E-state index contributed by atoms with van der Waals surface area (Å²) in [5.41, 5.74) is 4.29. The van der Waals surface area contributed by atoms with Crippen LogP contribution in [0.3, 0.4) is 0 Å². The number of carbonyl (C=O) groups is 1. The molecule has 1 N–H and O–H groups in total. The summed E-state index contributed by atoms with van der Waals surface area (Å²) in [5, 5.41) is 9.11. The van der Waals surface area contributed by atoms with Gasteiger partial charge in [-0.2, -0.15) is 0 Å². The van der Waals surface area contributed by atoms with Gasteiger partial charge in [-0.25, -0.2) is 4.79 Å². The molecule has 1 atom stereocenters. The van der Waals surface area contributed by atoms with Gasteiger partial charge in [0.15, 0.2) is 0 Å². The maximum Gasteiger partial charge on any atom is 0.335 e. The summed E-state index contributed by atoms with van der Waals surface area (Å²) in [4.78, 5) is 11.1. The van der Waals surface area contributed by atoms with Crippen molar-refractivity contribution in [3.05, 3.63) is 70.8 Å². The highest BCUT2D eigenvalue weighted by Crippen LogP contribution is 2.31. The molecule has 2 rings (SSSR count). The minimum Gasteiger partial charge on any atom is -0.478 e. The quantitative estimate of drug-likeness (QED) is 0.506. The lowest BCUT2D eigenvalue weighted by atomic mass is 9.86. The summed E-state index contributed by atoms with van der Waals surface area (Å²) < 4.78 is 0. The molecule has 0 aliphatic rings. The van der Waals surface area contributed by atoms with E-state index in [1.165, 1.54) is 42.4 Å². The standard InChI is InChI=1S/C23H30O2/c1-3-5-6-7-9-22(19-12-10-18(8-4-2)11-13-19)20-14-16-21(17-15-20)23(24)25/h10-17,22H,3-9H2,1-2H3,(H,24,25). The Morgan fingerprint density at radius 2 is 1.44 bits per heavy atom. The molecule has 2 aromatic carbocycles. The van der Waals surface area contributed by atoms with Crippen LogP contribution in [0.4, 0.5) is 0 Å². The van der Waals surface area contributed by atoms with Gasteiger partial charge in [0.2, 0.25) is 0 Å². The van der Waals surface area contributed by atoms with E-state index < -0.39 is 5.97 Å². The largest absolute Gasteiger partial charge is 0.478 e. The van der Waals surface area contributed by atoms with Crippen LogP contribution in [0.15, 0.2) is 48.5 Å². The van der Waals surface area contributed by atoms with E-state index in [4.69, 9.17) is 5.11 Å². The van der Waals surface area contributed by atoms with Gasteiger partial charge < -0.3 is 5.11 Å². The van der Waals surface area contributed by atoms with Crippen LogP contribution in [-0.4, -0.2) is 11.1 Å². The first-order valence-electron chi connectivity index (χ1n) is 9.57. The van der Waals surface area contributed by atoms with Crippen LogP contribution in [0, 0.1) is 0 Å². The average Bonchev–Trinajstić information content (AvgIpc) is 2.63. The Kier molecular flexibility index (Phi) is 7.72. The number of hydrogen-bond acceptors (Lipinski definition) is 1. The Morgan fingerprint density at radius 3 is 1.96 bits per heavy atom. The van der Waals surface area contributed by atoms with E-state index in [0.717, 1.165) is 19.3 Å². The first-order chi connectivity index (χ1) is 12.2. The van der Waals surface area contributed by atoms with Crippen molar-refractivity contribution in [1.29, 1.82) is 0 Å². The summed E-state index contributed by atoms with van der Waals surface area (Å²) in [6.45, 7) is 4.43. The predicted molar refractivity (Wildman–Crippen MR) is 104 cm³/mol. The smallest absolute Gasteiger partial charge is 0.335 e. The lowest BCUT2D eigenvalue weighted by molar-refractivity contribution is 0.0697. The molecular weight excluding hydrogens is 308 g/mol. The summed E-state index contributed by atoms with van der Waals surface area (Å²) in [6, 6.07) is 16.4. The number of benzene rings is 2. The maximum absolute atomic E-state index is 11.1. The molecule has 0 saturated carbocycles. The fraction of sp³-hybridized carbons (Fsp3) is 0.435. The zero-order valence-electron chi connectivity index (χ0n) is 15.5. The van der Waals surface area contributed by atoms with Crippen LogP contribution in [0.25, 0.3) is 0 Å². The Morgan fingerprint density at radius 1 is 0.840 bits per heavy atom. The Balaban J connectivity index is 2.20. The van der Waals surface area contributed by atoms with Gasteiger partial charge in [-0.3, -0.25) is 0 Å². The van der Waals surface area contributed by atoms with Crippen molar-refractivity contribution in [2.24, 2.45) is 0 Å². The molecule has 0 saturated heterocycles. The SMILES string of the molecule is CCCCCCC(c1ccc(CCC)cc1)c1ccc(C(=O)O)cc1. The second-order valence-corrected chi connectivity index (χ2v) is 6.82. The van der Waals surface area contributed by atoms with Crippen LogP contribution >= 0.6 is 0 Å². The number of unbranched alkanes of at least 4 members (excludes halogenated alkanes) is 3. The Labute approximate surface area is 151 Å². The summed E-state index contributed by atoms with van der Waals surface area (Å²) in [5.74, 6) is -0.523. The molecule has 0 amide bonds. The monoisotopic (exact) mass is 338 g/mol. The molecule has 0 aromatic heterocycles. The molecule has 0 bridgehead atoms. The molecule has 0 spiro atoms. The van der Waals surface area contributed by atoms with Gasteiger partial charge in [0.1, 0.15) is 0 Å². The van der Waals surface area contributed by atoms with E-state index in [0.29, 0.717) is 11.5 Å². The third-order valence-corrected chi connectivity index (χ3v) is 4.83. The molecule has 2 aromatic rings. The minimum atomic E-state index is -0.866. The zero-order chi connectivity index (χ0) is 18.1. The third kappa shape index (κ3) is 5.74. The van der Waals surface area contributed by atoms with Crippen molar-refractivity contribution in [3.8, 4) is 0 Å². The first kappa shape index (κ1) is 19.2. The minimum absolute atomic E-state index is 0.343. The highest BCUT2D eigenvalue weighted by Gasteiger charge is 2.15.